The molecule has 0 fully saturated rings. The summed E-state index contributed by atoms with van der Waals surface area (Å²) in [4.78, 5) is 21.0. The van der Waals surface area contributed by atoms with E-state index in [-0.39, 0.29) is 6.42 Å². The van der Waals surface area contributed by atoms with Crippen LogP contribution in [0, 0.1) is 0 Å². The first-order valence-corrected chi connectivity index (χ1v) is 3.53. The van der Waals surface area contributed by atoms with Gasteiger partial charge in [-0.3, -0.25) is 4.79 Å². The number of likely N-dealkylation sites (N-methyl/N-ethyl adjacent to an activating group) is 1. The summed E-state index contributed by atoms with van der Waals surface area (Å²) in [7, 11) is 0. The lowest BCUT2D eigenvalue weighted by atomic mass is 10.00. The third-order valence-electron chi connectivity index (χ3n) is 1.38. The van der Waals surface area contributed by atoms with E-state index in [9.17, 15) is 9.59 Å². The maximum absolute atomic E-state index is 10.5. The van der Waals surface area contributed by atoms with Crippen LogP contribution in [0.1, 0.15) is 20.3 Å². The summed E-state index contributed by atoms with van der Waals surface area (Å²) in [5.74, 6) is -0.472. The topological polar surface area (TPSA) is 72.2 Å². The monoisotopic (exact) mass is 158 g/mol. The summed E-state index contributed by atoms with van der Waals surface area (Å²) in [6, 6.07) is 0. The number of carbonyl (C=O) groups is 2. The number of rotatable bonds is 5. The highest BCUT2D eigenvalue weighted by Crippen LogP contribution is 2.03. The fraction of sp³-hybridized carbons (Fsp3) is 0.714. The number of carbonyl (C=O) groups excluding carboxylic acids is 2. The van der Waals surface area contributed by atoms with E-state index in [1.165, 1.54) is 0 Å². The van der Waals surface area contributed by atoms with E-state index in [1.54, 1.807) is 6.92 Å². The highest BCUT2D eigenvalue weighted by molar-refractivity contribution is 5.80. The summed E-state index contributed by atoms with van der Waals surface area (Å²) in [5, 5.41) is 2.87. The van der Waals surface area contributed by atoms with Gasteiger partial charge in [0, 0.05) is 0 Å². The van der Waals surface area contributed by atoms with Crippen LogP contribution in [0.5, 0.6) is 0 Å². The molecule has 0 radical (unpaired) electrons. The number of aldehydes is 1. The molecule has 3 N–H and O–H groups in total. The molecule has 1 atom stereocenters. The zero-order valence-electron chi connectivity index (χ0n) is 6.89. The Morgan fingerprint density at radius 2 is 2.27 bits per heavy atom. The Labute approximate surface area is 66.1 Å². The molecule has 0 aromatic heterocycles. The minimum absolute atomic E-state index is 0.0460. The molecule has 4 heteroatoms. The second kappa shape index (κ2) is 4.08. The van der Waals surface area contributed by atoms with Gasteiger partial charge in [-0.05, 0) is 13.5 Å². The molecule has 0 saturated heterocycles. The summed E-state index contributed by atoms with van der Waals surface area (Å²) in [5.41, 5.74) is 4.16. The first-order chi connectivity index (χ1) is 5.04. The van der Waals surface area contributed by atoms with Crippen LogP contribution >= 0.6 is 0 Å². The summed E-state index contributed by atoms with van der Waals surface area (Å²) >= 11 is 0. The molecule has 0 aliphatic heterocycles. The van der Waals surface area contributed by atoms with Crippen molar-refractivity contribution < 1.29 is 9.59 Å². The SMILES string of the molecule is CCNC(C)(C=O)CC(N)=O. The van der Waals surface area contributed by atoms with Crippen molar-refractivity contribution in [2.45, 2.75) is 25.8 Å². The zero-order chi connectivity index (χ0) is 8.91. The van der Waals surface area contributed by atoms with E-state index in [0.29, 0.717) is 12.8 Å². The molecule has 0 bridgehead atoms. The number of nitrogens with two attached hydrogens (primary N) is 1. The minimum atomic E-state index is -0.791. The maximum atomic E-state index is 10.5. The van der Waals surface area contributed by atoms with Crippen molar-refractivity contribution >= 4 is 12.2 Å². The normalized spacial score (nSPS) is 15.5. The Bertz CT molecular complexity index is 159. The van der Waals surface area contributed by atoms with Crippen molar-refractivity contribution in [3.05, 3.63) is 0 Å². The summed E-state index contributed by atoms with van der Waals surface area (Å²) < 4.78 is 0. The van der Waals surface area contributed by atoms with E-state index < -0.39 is 11.4 Å². The lowest BCUT2D eigenvalue weighted by Crippen LogP contribution is -2.46. The molecule has 0 rings (SSSR count). The third kappa shape index (κ3) is 3.72. The molecule has 11 heavy (non-hydrogen) atoms. The average molecular weight is 158 g/mol. The van der Waals surface area contributed by atoms with Crippen molar-refractivity contribution in [2.75, 3.05) is 6.54 Å². The lowest BCUT2D eigenvalue weighted by Gasteiger charge is -2.21. The van der Waals surface area contributed by atoms with Gasteiger partial charge in [-0.2, -0.15) is 0 Å². The number of nitrogens with one attached hydrogen (secondary N) is 1. The Balaban J connectivity index is 4.09. The van der Waals surface area contributed by atoms with Crippen LogP contribution in [0.4, 0.5) is 0 Å². The Kier molecular flexibility index (Phi) is 3.74. The van der Waals surface area contributed by atoms with Crippen LogP contribution in [-0.4, -0.2) is 24.3 Å². The fourth-order valence-corrected chi connectivity index (χ4v) is 0.912. The number of hydrogen-bond donors (Lipinski definition) is 2. The highest BCUT2D eigenvalue weighted by atomic mass is 16.1. The second-order valence-electron chi connectivity index (χ2n) is 2.71. The van der Waals surface area contributed by atoms with Gasteiger partial charge in [-0.1, -0.05) is 6.92 Å². The molecule has 0 aromatic rings. The highest BCUT2D eigenvalue weighted by Gasteiger charge is 2.24. The van der Waals surface area contributed by atoms with Crippen molar-refractivity contribution in [1.82, 2.24) is 5.32 Å². The average Bonchev–Trinajstić information content (AvgIpc) is 1.87. The largest absolute Gasteiger partial charge is 0.370 e. The van der Waals surface area contributed by atoms with Crippen LogP contribution in [0.25, 0.3) is 0 Å². The molecule has 0 heterocycles. The second-order valence-corrected chi connectivity index (χ2v) is 2.71. The number of primary amides is 1. The molecular formula is C7H14N2O2. The number of hydrogen-bond acceptors (Lipinski definition) is 3. The molecular weight excluding hydrogens is 144 g/mol. The quantitative estimate of drug-likeness (QED) is 0.526. The van der Waals surface area contributed by atoms with Crippen molar-refractivity contribution in [2.24, 2.45) is 5.73 Å². The Hall–Kier alpha value is -0.900. The van der Waals surface area contributed by atoms with Gasteiger partial charge in [0.05, 0.1) is 12.0 Å². The molecule has 1 amide bonds. The molecule has 4 nitrogen and oxygen atoms in total. The first kappa shape index (κ1) is 10.1. The molecule has 0 spiro atoms. The zero-order valence-corrected chi connectivity index (χ0v) is 6.89. The maximum Gasteiger partial charge on any atom is 0.219 e. The minimum Gasteiger partial charge on any atom is -0.370 e. The Morgan fingerprint density at radius 1 is 1.73 bits per heavy atom. The molecule has 0 saturated carbocycles. The Morgan fingerprint density at radius 3 is 2.55 bits per heavy atom. The van der Waals surface area contributed by atoms with Crippen LogP contribution in [-0.2, 0) is 9.59 Å². The van der Waals surface area contributed by atoms with Gasteiger partial charge in [0.15, 0.2) is 0 Å². The fourth-order valence-electron chi connectivity index (χ4n) is 0.912. The van der Waals surface area contributed by atoms with Gasteiger partial charge in [0.2, 0.25) is 5.91 Å². The van der Waals surface area contributed by atoms with Crippen LogP contribution < -0.4 is 11.1 Å². The third-order valence-corrected chi connectivity index (χ3v) is 1.38. The molecule has 1 unspecified atom stereocenters. The van der Waals surface area contributed by atoms with Crippen LogP contribution in [0.2, 0.25) is 0 Å². The number of amides is 1. The smallest absolute Gasteiger partial charge is 0.219 e. The molecule has 0 aliphatic carbocycles. The standard InChI is InChI=1S/C7H14N2O2/c1-3-9-7(2,5-10)4-6(8)11/h5,9H,3-4H2,1-2H3,(H2,8,11). The molecule has 64 valence electrons. The van der Waals surface area contributed by atoms with E-state index in [1.807, 2.05) is 6.92 Å². The lowest BCUT2D eigenvalue weighted by molar-refractivity contribution is -0.123. The van der Waals surface area contributed by atoms with Crippen molar-refractivity contribution in [3.8, 4) is 0 Å². The van der Waals surface area contributed by atoms with Gasteiger partial charge in [0.25, 0.3) is 0 Å². The summed E-state index contributed by atoms with van der Waals surface area (Å²) in [6.45, 7) is 4.15. The van der Waals surface area contributed by atoms with E-state index in [0.717, 1.165) is 0 Å². The predicted octanol–water partition coefficient (Wildman–Crippen LogP) is -0.571. The van der Waals surface area contributed by atoms with Crippen molar-refractivity contribution in [1.29, 1.82) is 0 Å². The van der Waals surface area contributed by atoms with E-state index in [4.69, 9.17) is 5.73 Å². The van der Waals surface area contributed by atoms with Gasteiger partial charge >= 0.3 is 0 Å². The predicted molar refractivity (Wildman–Crippen MR) is 42.0 cm³/mol. The van der Waals surface area contributed by atoms with E-state index in [2.05, 4.69) is 5.32 Å². The van der Waals surface area contributed by atoms with Gasteiger partial charge in [0.1, 0.15) is 6.29 Å². The van der Waals surface area contributed by atoms with Gasteiger partial charge in [-0.25, -0.2) is 0 Å². The van der Waals surface area contributed by atoms with Crippen molar-refractivity contribution in [3.63, 3.8) is 0 Å². The van der Waals surface area contributed by atoms with Gasteiger partial charge in [-0.15, -0.1) is 0 Å². The van der Waals surface area contributed by atoms with Gasteiger partial charge < -0.3 is 15.8 Å². The first-order valence-electron chi connectivity index (χ1n) is 3.53. The summed E-state index contributed by atoms with van der Waals surface area (Å²) in [6.07, 6.45) is 0.756. The van der Waals surface area contributed by atoms with Crippen LogP contribution in [0.15, 0.2) is 0 Å². The van der Waals surface area contributed by atoms with E-state index >= 15 is 0 Å². The molecule has 0 aromatic carbocycles. The van der Waals surface area contributed by atoms with Crippen LogP contribution in [0.3, 0.4) is 0 Å². The molecule has 0 aliphatic rings.